The molecule has 0 saturated heterocycles. The van der Waals surface area contributed by atoms with Crippen LogP contribution in [0.1, 0.15) is 25.8 Å². The van der Waals surface area contributed by atoms with Crippen molar-refractivity contribution in [3.05, 3.63) is 23.8 Å². The highest BCUT2D eigenvalue weighted by Crippen LogP contribution is 2.16. The first-order valence-electron chi connectivity index (χ1n) is 6.24. The van der Waals surface area contributed by atoms with Crippen molar-refractivity contribution in [2.75, 3.05) is 30.8 Å². The van der Waals surface area contributed by atoms with Gasteiger partial charge in [0.25, 0.3) is 0 Å². The van der Waals surface area contributed by atoms with Crippen LogP contribution in [0.3, 0.4) is 0 Å². The summed E-state index contributed by atoms with van der Waals surface area (Å²) < 4.78 is 5.49. The molecule has 1 aromatic carbocycles. The summed E-state index contributed by atoms with van der Waals surface area (Å²) in [5.41, 5.74) is 7.70. The van der Waals surface area contributed by atoms with Gasteiger partial charge in [0.15, 0.2) is 0 Å². The zero-order valence-electron chi connectivity index (χ0n) is 11.1. The number of hydrogen-bond donors (Lipinski definition) is 2. The summed E-state index contributed by atoms with van der Waals surface area (Å²) in [6.07, 6.45) is 0.951. The molecule has 0 aliphatic heterocycles. The number of benzene rings is 1. The number of rotatable bonds is 7. The minimum atomic E-state index is 0.513. The zero-order valence-corrected chi connectivity index (χ0v) is 11.1. The summed E-state index contributed by atoms with van der Waals surface area (Å²) in [5.74, 6) is 0.580. The topological polar surface area (TPSA) is 71.1 Å². The lowest BCUT2D eigenvalue weighted by molar-refractivity contribution is 0.110. The van der Waals surface area contributed by atoms with Crippen molar-refractivity contribution < 1.29 is 4.74 Å². The molecular weight excluding hydrogens is 226 g/mol. The molecule has 0 heterocycles. The lowest BCUT2D eigenvalue weighted by Gasteiger charge is -2.09. The zero-order chi connectivity index (χ0) is 13.4. The van der Waals surface area contributed by atoms with Gasteiger partial charge in [0.05, 0.1) is 11.3 Å². The highest BCUT2D eigenvalue weighted by molar-refractivity contribution is 5.62. The minimum absolute atomic E-state index is 0.513. The maximum atomic E-state index is 8.76. The molecule has 4 nitrogen and oxygen atoms in total. The van der Waals surface area contributed by atoms with Gasteiger partial charge in [-0.2, -0.15) is 5.26 Å². The number of nitrogen functional groups attached to an aromatic ring is 1. The average Bonchev–Trinajstić information content (AvgIpc) is 2.33. The Bertz CT molecular complexity index is 410. The van der Waals surface area contributed by atoms with E-state index in [4.69, 9.17) is 15.7 Å². The fourth-order valence-electron chi connectivity index (χ4n) is 1.50. The number of nitrogens with zero attached hydrogens (tertiary/aromatic N) is 1. The summed E-state index contributed by atoms with van der Waals surface area (Å²) in [6, 6.07) is 7.42. The smallest absolute Gasteiger partial charge is 0.101 e. The van der Waals surface area contributed by atoms with Crippen molar-refractivity contribution >= 4 is 11.4 Å². The van der Waals surface area contributed by atoms with Gasteiger partial charge in [-0.05, 0) is 30.5 Å². The Kier molecular flexibility index (Phi) is 6.03. The van der Waals surface area contributed by atoms with E-state index in [0.29, 0.717) is 17.2 Å². The van der Waals surface area contributed by atoms with Crippen LogP contribution in [0.25, 0.3) is 0 Å². The van der Waals surface area contributed by atoms with Gasteiger partial charge in [-0.3, -0.25) is 0 Å². The van der Waals surface area contributed by atoms with Crippen LogP contribution in [-0.2, 0) is 4.74 Å². The molecule has 0 atom stereocenters. The summed E-state index contributed by atoms with van der Waals surface area (Å²) in [5, 5.41) is 12.0. The van der Waals surface area contributed by atoms with E-state index in [2.05, 4.69) is 19.2 Å². The van der Waals surface area contributed by atoms with Crippen LogP contribution in [-0.4, -0.2) is 19.8 Å². The van der Waals surface area contributed by atoms with Gasteiger partial charge in [0.2, 0.25) is 0 Å². The third kappa shape index (κ3) is 5.07. The molecule has 0 aliphatic carbocycles. The normalized spacial score (nSPS) is 10.3. The van der Waals surface area contributed by atoms with Crippen LogP contribution in [0.5, 0.6) is 0 Å². The summed E-state index contributed by atoms with van der Waals surface area (Å²) in [4.78, 5) is 0. The Morgan fingerprint density at radius 3 is 2.83 bits per heavy atom. The van der Waals surface area contributed by atoms with E-state index in [1.807, 2.05) is 12.1 Å². The van der Waals surface area contributed by atoms with E-state index >= 15 is 0 Å². The second-order valence-electron chi connectivity index (χ2n) is 4.66. The van der Waals surface area contributed by atoms with Crippen LogP contribution in [0, 0.1) is 17.2 Å². The number of nitriles is 1. The summed E-state index contributed by atoms with van der Waals surface area (Å²) in [7, 11) is 0. The number of hydrogen-bond acceptors (Lipinski definition) is 4. The van der Waals surface area contributed by atoms with Crippen LogP contribution >= 0.6 is 0 Å². The number of anilines is 2. The van der Waals surface area contributed by atoms with Crippen molar-refractivity contribution in [1.29, 1.82) is 5.26 Å². The van der Waals surface area contributed by atoms with E-state index in [-0.39, 0.29) is 0 Å². The van der Waals surface area contributed by atoms with Gasteiger partial charge < -0.3 is 15.8 Å². The fraction of sp³-hybridized carbons (Fsp3) is 0.500. The number of ether oxygens (including phenoxy) is 1. The first kappa shape index (κ1) is 14.3. The van der Waals surface area contributed by atoms with Crippen LogP contribution < -0.4 is 11.1 Å². The largest absolute Gasteiger partial charge is 0.398 e. The Balaban J connectivity index is 2.24. The van der Waals surface area contributed by atoms with Crippen LogP contribution in [0.2, 0.25) is 0 Å². The van der Waals surface area contributed by atoms with E-state index < -0.39 is 0 Å². The Hall–Kier alpha value is -1.73. The van der Waals surface area contributed by atoms with Gasteiger partial charge in [0, 0.05) is 25.4 Å². The molecule has 0 amide bonds. The molecule has 3 N–H and O–H groups in total. The highest BCUT2D eigenvalue weighted by Gasteiger charge is 1.99. The molecule has 0 bridgehead atoms. The molecule has 0 aliphatic rings. The minimum Gasteiger partial charge on any atom is -0.398 e. The van der Waals surface area contributed by atoms with Gasteiger partial charge in [-0.1, -0.05) is 13.8 Å². The molecule has 0 aromatic heterocycles. The number of nitrogens with two attached hydrogens (primary N) is 1. The maximum Gasteiger partial charge on any atom is 0.101 e. The Morgan fingerprint density at radius 2 is 2.22 bits per heavy atom. The van der Waals surface area contributed by atoms with Gasteiger partial charge in [0.1, 0.15) is 6.07 Å². The maximum absolute atomic E-state index is 8.76. The highest BCUT2D eigenvalue weighted by atomic mass is 16.5. The molecule has 98 valence electrons. The van der Waals surface area contributed by atoms with Gasteiger partial charge in [-0.25, -0.2) is 0 Å². The van der Waals surface area contributed by atoms with Crippen LogP contribution in [0.15, 0.2) is 18.2 Å². The lowest BCUT2D eigenvalue weighted by atomic mass is 10.2. The SMILES string of the molecule is CC(C)COCCCNc1ccc(C#N)c(N)c1. The molecule has 1 aromatic rings. The average molecular weight is 247 g/mol. The summed E-state index contributed by atoms with van der Waals surface area (Å²) >= 11 is 0. The molecule has 1 rings (SSSR count). The first-order chi connectivity index (χ1) is 8.63. The predicted molar refractivity (Wildman–Crippen MR) is 74.3 cm³/mol. The standard InChI is InChI=1S/C14H21N3O/c1-11(2)10-18-7-3-6-17-13-5-4-12(9-15)14(16)8-13/h4-5,8,11,17H,3,6-7,10,16H2,1-2H3. The third-order valence-electron chi connectivity index (χ3n) is 2.42. The second kappa shape index (κ2) is 7.57. The molecule has 0 spiro atoms. The van der Waals surface area contributed by atoms with Crippen molar-refractivity contribution in [3.63, 3.8) is 0 Å². The van der Waals surface area contributed by atoms with Crippen LogP contribution in [0.4, 0.5) is 11.4 Å². The molecule has 0 saturated carbocycles. The van der Waals surface area contributed by atoms with E-state index in [1.165, 1.54) is 0 Å². The second-order valence-corrected chi connectivity index (χ2v) is 4.66. The summed E-state index contributed by atoms with van der Waals surface area (Å²) in [6.45, 7) is 6.68. The molecule has 0 radical (unpaired) electrons. The van der Waals surface area contributed by atoms with Gasteiger partial charge in [-0.15, -0.1) is 0 Å². The lowest BCUT2D eigenvalue weighted by Crippen LogP contribution is -2.08. The number of nitrogens with one attached hydrogen (secondary N) is 1. The molecule has 18 heavy (non-hydrogen) atoms. The Morgan fingerprint density at radius 1 is 1.44 bits per heavy atom. The van der Waals surface area contributed by atoms with Crippen molar-refractivity contribution in [3.8, 4) is 6.07 Å². The van der Waals surface area contributed by atoms with Crippen molar-refractivity contribution in [1.82, 2.24) is 0 Å². The molecule has 4 heteroatoms. The van der Waals surface area contributed by atoms with Gasteiger partial charge >= 0.3 is 0 Å². The van der Waals surface area contributed by atoms with E-state index in [1.54, 1.807) is 12.1 Å². The molecule has 0 unspecified atom stereocenters. The molecule has 0 fully saturated rings. The Labute approximate surface area is 109 Å². The third-order valence-corrected chi connectivity index (χ3v) is 2.42. The van der Waals surface area contributed by atoms with E-state index in [9.17, 15) is 0 Å². The first-order valence-corrected chi connectivity index (χ1v) is 6.24. The monoisotopic (exact) mass is 247 g/mol. The molecular formula is C14H21N3O. The quantitative estimate of drug-likeness (QED) is 0.574. The fourth-order valence-corrected chi connectivity index (χ4v) is 1.50. The van der Waals surface area contributed by atoms with Crippen molar-refractivity contribution in [2.45, 2.75) is 20.3 Å². The van der Waals surface area contributed by atoms with E-state index in [0.717, 1.165) is 31.9 Å². The predicted octanol–water partition coefficient (Wildman–Crippen LogP) is 2.62. The van der Waals surface area contributed by atoms with Crippen molar-refractivity contribution in [2.24, 2.45) is 5.92 Å².